The van der Waals surface area contributed by atoms with Gasteiger partial charge in [-0.3, -0.25) is 0 Å². The summed E-state index contributed by atoms with van der Waals surface area (Å²) in [5.74, 6) is 1.41. The molecule has 0 fully saturated rings. The third kappa shape index (κ3) is 3.99. The van der Waals surface area contributed by atoms with Crippen molar-refractivity contribution in [2.24, 2.45) is 11.8 Å². The second kappa shape index (κ2) is 6.51. The van der Waals surface area contributed by atoms with Crippen LogP contribution in [0.5, 0.6) is 0 Å². The molecule has 0 spiro atoms. The Bertz CT molecular complexity index is 268. The van der Waals surface area contributed by atoms with Crippen LogP contribution in [0.25, 0.3) is 0 Å². The lowest BCUT2D eigenvalue weighted by atomic mass is 9.98. The number of hydrogen-bond donors (Lipinski definition) is 1. The normalized spacial score (nSPS) is 24.4. The van der Waals surface area contributed by atoms with E-state index in [2.05, 4.69) is 58.3 Å². The zero-order valence-electron chi connectivity index (χ0n) is 11.2. The molecule has 2 heteroatoms. The lowest BCUT2D eigenvalue weighted by Gasteiger charge is -2.25. The Morgan fingerprint density at radius 1 is 1.38 bits per heavy atom. The average molecular weight is 239 g/mol. The second-order valence-corrected chi connectivity index (χ2v) is 6.52. The minimum atomic E-state index is 0.441. The molecule has 0 saturated heterocycles. The first kappa shape index (κ1) is 13.9. The Morgan fingerprint density at radius 3 is 2.56 bits per heavy atom. The fourth-order valence-corrected chi connectivity index (χ4v) is 2.92. The quantitative estimate of drug-likeness (QED) is 0.732. The average Bonchev–Trinajstić information content (AvgIpc) is 2.25. The Hall–Kier alpha value is -0.210. The van der Waals surface area contributed by atoms with Crippen molar-refractivity contribution in [3.63, 3.8) is 0 Å². The monoisotopic (exact) mass is 239 g/mol. The SMILES string of the molecule is CNC(SC(C)C(C)C)C1=CC(C)CC=C1. The van der Waals surface area contributed by atoms with Crippen molar-refractivity contribution in [1.29, 1.82) is 0 Å². The van der Waals surface area contributed by atoms with E-state index in [1.807, 2.05) is 11.8 Å². The molecule has 1 N–H and O–H groups in total. The van der Waals surface area contributed by atoms with Crippen LogP contribution in [0.3, 0.4) is 0 Å². The summed E-state index contributed by atoms with van der Waals surface area (Å²) < 4.78 is 0. The van der Waals surface area contributed by atoms with Gasteiger partial charge in [0.15, 0.2) is 0 Å². The number of thioether (sulfide) groups is 1. The van der Waals surface area contributed by atoms with Gasteiger partial charge in [0.1, 0.15) is 0 Å². The van der Waals surface area contributed by atoms with E-state index >= 15 is 0 Å². The van der Waals surface area contributed by atoms with Crippen molar-refractivity contribution in [3.05, 3.63) is 23.8 Å². The van der Waals surface area contributed by atoms with Gasteiger partial charge in [-0.1, -0.05) is 45.9 Å². The number of nitrogens with one attached hydrogen (secondary N) is 1. The van der Waals surface area contributed by atoms with Crippen LogP contribution in [-0.2, 0) is 0 Å². The fraction of sp³-hybridized carbons (Fsp3) is 0.714. The molecule has 0 radical (unpaired) electrons. The third-order valence-corrected chi connectivity index (χ3v) is 4.90. The van der Waals surface area contributed by atoms with E-state index in [4.69, 9.17) is 0 Å². The molecule has 1 aliphatic rings. The van der Waals surface area contributed by atoms with Crippen molar-refractivity contribution < 1.29 is 0 Å². The van der Waals surface area contributed by atoms with Gasteiger partial charge in [0, 0.05) is 5.25 Å². The molecule has 0 aromatic heterocycles. The van der Waals surface area contributed by atoms with Crippen molar-refractivity contribution in [3.8, 4) is 0 Å². The van der Waals surface area contributed by atoms with E-state index in [9.17, 15) is 0 Å². The van der Waals surface area contributed by atoms with Crippen LogP contribution in [-0.4, -0.2) is 17.7 Å². The first-order valence-corrected chi connectivity index (χ1v) is 7.19. The zero-order chi connectivity index (χ0) is 12.1. The van der Waals surface area contributed by atoms with Crippen LogP contribution in [0.4, 0.5) is 0 Å². The molecule has 0 aliphatic heterocycles. The molecule has 1 nitrogen and oxygen atoms in total. The predicted octanol–water partition coefficient (Wildman–Crippen LogP) is 3.83. The lowest BCUT2D eigenvalue weighted by molar-refractivity contribution is 0.636. The molecule has 0 saturated carbocycles. The number of rotatable bonds is 5. The highest BCUT2D eigenvalue weighted by atomic mass is 32.2. The summed E-state index contributed by atoms with van der Waals surface area (Å²) in [6.45, 7) is 9.18. The molecule has 0 aromatic rings. The first-order chi connectivity index (χ1) is 7.54. The highest BCUT2D eigenvalue weighted by molar-refractivity contribution is 8.00. The summed E-state index contributed by atoms with van der Waals surface area (Å²) in [6.07, 6.45) is 8.16. The Labute approximate surface area is 105 Å². The van der Waals surface area contributed by atoms with Gasteiger partial charge in [-0.05, 0) is 30.9 Å². The lowest BCUT2D eigenvalue weighted by Crippen LogP contribution is -2.27. The predicted molar refractivity (Wildman–Crippen MR) is 75.7 cm³/mol. The summed E-state index contributed by atoms with van der Waals surface area (Å²) >= 11 is 2.03. The van der Waals surface area contributed by atoms with E-state index in [-0.39, 0.29) is 0 Å². The Morgan fingerprint density at radius 2 is 2.06 bits per heavy atom. The molecule has 0 bridgehead atoms. The number of hydrogen-bond acceptors (Lipinski definition) is 2. The van der Waals surface area contributed by atoms with Gasteiger partial charge in [0.05, 0.1) is 5.37 Å². The maximum absolute atomic E-state index is 3.42. The van der Waals surface area contributed by atoms with Gasteiger partial charge >= 0.3 is 0 Å². The van der Waals surface area contributed by atoms with E-state index in [1.165, 1.54) is 12.0 Å². The Balaban J connectivity index is 2.63. The summed E-state index contributed by atoms with van der Waals surface area (Å²) in [7, 11) is 2.05. The minimum absolute atomic E-state index is 0.441. The third-order valence-electron chi connectivity index (χ3n) is 3.15. The van der Waals surface area contributed by atoms with Crippen LogP contribution in [0.1, 0.15) is 34.1 Å². The van der Waals surface area contributed by atoms with Gasteiger partial charge in [0.2, 0.25) is 0 Å². The summed E-state index contributed by atoms with van der Waals surface area (Å²) in [5, 5.41) is 4.55. The summed E-state index contributed by atoms with van der Waals surface area (Å²) in [5.41, 5.74) is 1.44. The van der Waals surface area contributed by atoms with Crippen LogP contribution >= 0.6 is 11.8 Å². The maximum atomic E-state index is 3.42. The largest absolute Gasteiger partial charge is 0.305 e. The highest BCUT2D eigenvalue weighted by Crippen LogP contribution is 2.29. The van der Waals surface area contributed by atoms with Crippen molar-refractivity contribution in [2.45, 2.75) is 44.7 Å². The van der Waals surface area contributed by atoms with Gasteiger partial charge in [-0.15, -0.1) is 11.8 Å². The van der Waals surface area contributed by atoms with Crippen molar-refractivity contribution >= 4 is 11.8 Å². The first-order valence-electron chi connectivity index (χ1n) is 6.25. The van der Waals surface area contributed by atoms with E-state index in [0.717, 1.165) is 5.92 Å². The molecular formula is C14H25NS. The van der Waals surface area contributed by atoms with Crippen LogP contribution in [0, 0.1) is 11.8 Å². The Kier molecular flexibility index (Phi) is 5.63. The standard InChI is InChI=1S/C14H25NS/c1-10(2)12(4)16-14(15-5)13-8-6-7-11(3)9-13/h6,8-12,14-15H,7H2,1-5H3. The van der Waals surface area contributed by atoms with Gasteiger partial charge in [-0.25, -0.2) is 0 Å². The van der Waals surface area contributed by atoms with Gasteiger partial charge in [0.25, 0.3) is 0 Å². The van der Waals surface area contributed by atoms with E-state index in [1.54, 1.807) is 0 Å². The molecule has 16 heavy (non-hydrogen) atoms. The van der Waals surface area contributed by atoms with Crippen molar-refractivity contribution in [1.82, 2.24) is 5.32 Å². The molecule has 1 aliphatic carbocycles. The molecule has 1 rings (SSSR count). The molecule has 0 aromatic carbocycles. The van der Waals surface area contributed by atoms with Crippen LogP contribution in [0.2, 0.25) is 0 Å². The molecule has 92 valence electrons. The molecule has 3 atom stereocenters. The van der Waals surface area contributed by atoms with Crippen LogP contribution in [0.15, 0.2) is 23.8 Å². The molecule has 0 amide bonds. The van der Waals surface area contributed by atoms with Crippen LogP contribution < -0.4 is 5.32 Å². The van der Waals surface area contributed by atoms with Gasteiger partial charge in [-0.2, -0.15) is 0 Å². The topological polar surface area (TPSA) is 12.0 Å². The number of allylic oxidation sites excluding steroid dienone is 2. The second-order valence-electron chi connectivity index (χ2n) is 5.04. The zero-order valence-corrected chi connectivity index (χ0v) is 12.0. The molecule has 0 heterocycles. The maximum Gasteiger partial charge on any atom is 0.0786 e. The fourth-order valence-electron chi connectivity index (χ4n) is 1.73. The van der Waals surface area contributed by atoms with E-state index in [0.29, 0.717) is 16.5 Å². The van der Waals surface area contributed by atoms with Crippen molar-refractivity contribution in [2.75, 3.05) is 7.05 Å². The van der Waals surface area contributed by atoms with Gasteiger partial charge < -0.3 is 5.32 Å². The molecular weight excluding hydrogens is 214 g/mol. The smallest absolute Gasteiger partial charge is 0.0786 e. The molecule has 3 unspecified atom stereocenters. The minimum Gasteiger partial charge on any atom is -0.305 e. The highest BCUT2D eigenvalue weighted by Gasteiger charge is 2.18. The summed E-state index contributed by atoms with van der Waals surface area (Å²) in [4.78, 5) is 0. The summed E-state index contributed by atoms with van der Waals surface area (Å²) in [6, 6.07) is 0. The van der Waals surface area contributed by atoms with E-state index < -0.39 is 0 Å². The number of likely N-dealkylation sites (N-methyl/N-ethyl adjacent to an activating group) is 1.